The number of nitrogens with zero attached hydrogens (tertiary/aromatic N) is 1. The Labute approximate surface area is 120 Å². The Morgan fingerprint density at radius 2 is 1.32 bits per heavy atom. The maximum atomic E-state index is 11.8. The number of sulfonamides is 1. The SMILES string of the molecule is CC(C)(C)CCCCCCN(C(C)(C)C)S(C)(=O)=O. The van der Waals surface area contributed by atoms with E-state index in [1.165, 1.54) is 25.5 Å². The Hall–Kier alpha value is -0.0900. The van der Waals surface area contributed by atoms with Crippen LogP contribution in [0.1, 0.15) is 73.6 Å². The van der Waals surface area contributed by atoms with Gasteiger partial charge in [-0.3, -0.25) is 0 Å². The van der Waals surface area contributed by atoms with Crippen LogP contribution in [0.25, 0.3) is 0 Å². The number of unbranched alkanes of at least 4 members (excludes halogenated alkanes) is 3. The molecule has 116 valence electrons. The molecule has 0 saturated heterocycles. The van der Waals surface area contributed by atoms with Crippen molar-refractivity contribution < 1.29 is 8.42 Å². The summed E-state index contributed by atoms with van der Waals surface area (Å²) in [5.74, 6) is 0. The molecule has 0 unspecified atom stereocenters. The van der Waals surface area contributed by atoms with E-state index in [-0.39, 0.29) is 5.54 Å². The van der Waals surface area contributed by atoms with Gasteiger partial charge < -0.3 is 0 Å². The lowest BCUT2D eigenvalue weighted by atomic mass is 9.89. The van der Waals surface area contributed by atoms with E-state index in [2.05, 4.69) is 20.8 Å². The van der Waals surface area contributed by atoms with E-state index in [1.807, 2.05) is 20.8 Å². The molecule has 0 N–H and O–H groups in total. The maximum absolute atomic E-state index is 11.8. The van der Waals surface area contributed by atoms with Gasteiger partial charge >= 0.3 is 0 Å². The molecule has 0 atom stereocenters. The van der Waals surface area contributed by atoms with Gasteiger partial charge in [0.15, 0.2) is 0 Å². The van der Waals surface area contributed by atoms with Crippen molar-refractivity contribution in [3.05, 3.63) is 0 Å². The summed E-state index contributed by atoms with van der Waals surface area (Å²) >= 11 is 0. The molecule has 0 aromatic heterocycles. The average Bonchev–Trinajstić information content (AvgIpc) is 2.10. The van der Waals surface area contributed by atoms with E-state index in [4.69, 9.17) is 0 Å². The highest BCUT2D eigenvalue weighted by Crippen LogP contribution is 2.23. The van der Waals surface area contributed by atoms with Gasteiger partial charge in [-0.05, 0) is 39.0 Å². The van der Waals surface area contributed by atoms with E-state index in [0.29, 0.717) is 12.0 Å². The summed E-state index contributed by atoms with van der Waals surface area (Å²) in [6, 6.07) is 0. The largest absolute Gasteiger partial charge is 0.212 e. The Bertz CT molecular complexity index is 347. The molecule has 0 aliphatic heterocycles. The second kappa shape index (κ2) is 7.07. The molecule has 0 aliphatic rings. The smallest absolute Gasteiger partial charge is 0.211 e. The van der Waals surface area contributed by atoms with Gasteiger partial charge in [0.2, 0.25) is 10.0 Å². The quantitative estimate of drug-likeness (QED) is 0.664. The first-order chi connectivity index (χ1) is 8.34. The molecule has 0 radical (unpaired) electrons. The van der Waals surface area contributed by atoms with Crippen LogP contribution in [0.4, 0.5) is 0 Å². The van der Waals surface area contributed by atoms with Crippen LogP contribution in [0.2, 0.25) is 0 Å². The van der Waals surface area contributed by atoms with Crippen LogP contribution in [-0.2, 0) is 10.0 Å². The summed E-state index contributed by atoms with van der Waals surface area (Å²) in [6.07, 6.45) is 7.03. The Kier molecular flexibility index (Phi) is 7.04. The topological polar surface area (TPSA) is 37.4 Å². The van der Waals surface area contributed by atoms with Crippen LogP contribution in [0.5, 0.6) is 0 Å². The molecule has 0 amide bonds. The van der Waals surface area contributed by atoms with Crippen molar-refractivity contribution in [3.8, 4) is 0 Å². The lowest BCUT2D eigenvalue weighted by molar-refractivity contribution is 0.245. The molecule has 0 rings (SSSR count). The zero-order chi connectivity index (χ0) is 15.3. The molecule has 0 heterocycles. The molecule has 19 heavy (non-hydrogen) atoms. The molecule has 3 nitrogen and oxygen atoms in total. The summed E-state index contributed by atoms with van der Waals surface area (Å²) < 4.78 is 25.1. The zero-order valence-corrected chi connectivity index (χ0v) is 14.7. The summed E-state index contributed by atoms with van der Waals surface area (Å²) in [5.41, 5.74) is 0.0865. The lowest BCUT2D eigenvalue weighted by Gasteiger charge is -2.33. The van der Waals surface area contributed by atoms with Gasteiger partial charge in [-0.15, -0.1) is 0 Å². The first-order valence-corrected chi connectivity index (χ1v) is 9.17. The molecule has 0 aliphatic carbocycles. The van der Waals surface area contributed by atoms with Gasteiger partial charge in [-0.2, -0.15) is 4.31 Å². The van der Waals surface area contributed by atoms with E-state index in [0.717, 1.165) is 12.8 Å². The third kappa shape index (κ3) is 9.44. The Morgan fingerprint density at radius 3 is 1.68 bits per heavy atom. The normalized spacial score (nSPS) is 14.1. The first-order valence-electron chi connectivity index (χ1n) is 7.32. The van der Waals surface area contributed by atoms with Gasteiger partial charge in [0, 0.05) is 12.1 Å². The van der Waals surface area contributed by atoms with Gasteiger partial charge in [0.1, 0.15) is 0 Å². The van der Waals surface area contributed by atoms with Crippen LogP contribution < -0.4 is 0 Å². The first kappa shape index (κ1) is 18.9. The molecule has 0 fully saturated rings. The highest BCUT2D eigenvalue weighted by molar-refractivity contribution is 7.88. The second-order valence-corrected chi connectivity index (χ2v) is 9.64. The van der Waals surface area contributed by atoms with Crippen LogP contribution >= 0.6 is 0 Å². The van der Waals surface area contributed by atoms with Crippen LogP contribution in [0.15, 0.2) is 0 Å². The molecule has 0 aromatic carbocycles. The summed E-state index contributed by atoms with van der Waals surface area (Å²) in [4.78, 5) is 0. The van der Waals surface area contributed by atoms with Gasteiger partial charge in [0.05, 0.1) is 6.26 Å². The molecular formula is C15H33NO2S. The van der Waals surface area contributed by atoms with E-state index < -0.39 is 10.0 Å². The van der Waals surface area contributed by atoms with Crippen molar-refractivity contribution in [2.45, 2.75) is 79.2 Å². The van der Waals surface area contributed by atoms with Crippen molar-refractivity contribution in [1.29, 1.82) is 0 Å². The predicted octanol–water partition coefficient (Wildman–Crippen LogP) is 4.04. The fourth-order valence-corrected chi connectivity index (χ4v) is 3.72. The Balaban J connectivity index is 4.04. The van der Waals surface area contributed by atoms with Gasteiger partial charge in [-0.1, -0.05) is 40.0 Å². The number of hydrogen-bond acceptors (Lipinski definition) is 2. The predicted molar refractivity (Wildman–Crippen MR) is 83.8 cm³/mol. The highest BCUT2D eigenvalue weighted by atomic mass is 32.2. The van der Waals surface area contributed by atoms with Crippen LogP contribution in [0.3, 0.4) is 0 Å². The molecule has 0 saturated carbocycles. The second-order valence-electron chi connectivity index (χ2n) is 7.73. The number of rotatable bonds is 7. The molecule has 0 spiro atoms. The van der Waals surface area contributed by atoms with Gasteiger partial charge in [-0.25, -0.2) is 8.42 Å². The molecular weight excluding hydrogens is 258 g/mol. The minimum atomic E-state index is -3.11. The molecule has 4 heteroatoms. The van der Waals surface area contributed by atoms with E-state index in [9.17, 15) is 8.42 Å². The van der Waals surface area contributed by atoms with Crippen molar-refractivity contribution in [3.63, 3.8) is 0 Å². The average molecular weight is 292 g/mol. The number of hydrogen-bond donors (Lipinski definition) is 0. The third-order valence-corrected chi connectivity index (χ3v) is 4.72. The van der Waals surface area contributed by atoms with Crippen LogP contribution in [-0.4, -0.2) is 31.1 Å². The van der Waals surface area contributed by atoms with E-state index in [1.54, 1.807) is 4.31 Å². The van der Waals surface area contributed by atoms with Crippen LogP contribution in [0, 0.1) is 5.41 Å². The van der Waals surface area contributed by atoms with Crippen molar-refractivity contribution in [2.24, 2.45) is 5.41 Å². The Morgan fingerprint density at radius 1 is 0.842 bits per heavy atom. The monoisotopic (exact) mass is 291 g/mol. The van der Waals surface area contributed by atoms with Gasteiger partial charge in [0.25, 0.3) is 0 Å². The lowest BCUT2D eigenvalue weighted by Crippen LogP contribution is -2.45. The standard InChI is InChI=1S/C15H33NO2S/c1-14(2,3)12-10-8-9-11-13-16(15(4,5)6)19(7,17)18/h8-13H2,1-7H3. The van der Waals surface area contributed by atoms with E-state index >= 15 is 0 Å². The van der Waals surface area contributed by atoms with Crippen molar-refractivity contribution >= 4 is 10.0 Å². The molecule has 0 bridgehead atoms. The maximum Gasteiger partial charge on any atom is 0.211 e. The fourth-order valence-electron chi connectivity index (χ4n) is 2.26. The minimum Gasteiger partial charge on any atom is -0.212 e. The summed E-state index contributed by atoms with van der Waals surface area (Å²) in [6.45, 7) is 13.3. The summed E-state index contributed by atoms with van der Waals surface area (Å²) in [7, 11) is -3.11. The third-order valence-electron chi connectivity index (χ3n) is 3.19. The summed E-state index contributed by atoms with van der Waals surface area (Å²) in [5, 5.41) is 0. The highest BCUT2D eigenvalue weighted by Gasteiger charge is 2.28. The minimum absolute atomic E-state index is 0.320. The van der Waals surface area contributed by atoms with Crippen molar-refractivity contribution in [2.75, 3.05) is 12.8 Å². The zero-order valence-electron chi connectivity index (χ0n) is 13.9. The molecule has 0 aromatic rings. The van der Waals surface area contributed by atoms with Crippen molar-refractivity contribution in [1.82, 2.24) is 4.31 Å². The fraction of sp³-hybridized carbons (Fsp3) is 1.00.